The molecule has 0 amide bonds. The number of hydrogen-bond donors (Lipinski definition) is 1. The Morgan fingerprint density at radius 1 is 1.31 bits per heavy atom. The molecule has 2 aliphatic rings. The molecule has 3 heterocycles. The van der Waals surface area contributed by atoms with Crippen LogP contribution in [0.1, 0.15) is 55.8 Å². The third-order valence-corrected chi connectivity index (χ3v) is 3.59. The first kappa shape index (κ1) is 10.3. The summed E-state index contributed by atoms with van der Waals surface area (Å²) in [5.41, 5.74) is 0.968. The van der Waals surface area contributed by atoms with Gasteiger partial charge in [0.2, 0.25) is 0 Å². The minimum atomic E-state index is -0.335. The standard InChI is InChI=1S/C12H18N2O2/c15-10-4-3-6-14-9(10)8-13-12(14)11-5-1-2-7-16-11/h8,10-11,15H,1-7H2. The number of aliphatic hydroxyl groups excluding tert-OH is 1. The van der Waals surface area contributed by atoms with E-state index in [0.717, 1.165) is 50.4 Å². The minimum absolute atomic E-state index is 0.146. The highest BCUT2D eigenvalue weighted by Crippen LogP contribution is 2.32. The lowest BCUT2D eigenvalue weighted by molar-refractivity contribution is 0.00605. The maximum atomic E-state index is 9.87. The normalized spacial score (nSPS) is 30.1. The largest absolute Gasteiger partial charge is 0.387 e. The summed E-state index contributed by atoms with van der Waals surface area (Å²) in [6, 6.07) is 0. The lowest BCUT2D eigenvalue weighted by Gasteiger charge is -2.26. The summed E-state index contributed by atoms with van der Waals surface area (Å²) in [6.45, 7) is 1.82. The van der Waals surface area contributed by atoms with E-state index in [2.05, 4.69) is 9.55 Å². The highest BCUT2D eigenvalue weighted by atomic mass is 16.5. The van der Waals surface area contributed by atoms with Gasteiger partial charge in [0.05, 0.1) is 18.0 Å². The maximum absolute atomic E-state index is 9.87. The van der Waals surface area contributed by atoms with Gasteiger partial charge in [-0.1, -0.05) is 0 Å². The fourth-order valence-electron chi connectivity index (χ4n) is 2.71. The molecular weight excluding hydrogens is 204 g/mol. The number of nitrogens with zero attached hydrogens (tertiary/aromatic N) is 2. The van der Waals surface area contributed by atoms with Crippen molar-refractivity contribution in [2.24, 2.45) is 0 Å². The van der Waals surface area contributed by atoms with Crippen LogP contribution in [0.25, 0.3) is 0 Å². The van der Waals surface area contributed by atoms with E-state index < -0.39 is 0 Å². The highest BCUT2D eigenvalue weighted by molar-refractivity contribution is 5.12. The molecule has 0 bridgehead atoms. The number of aliphatic hydroxyl groups is 1. The molecule has 2 atom stereocenters. The van der Waals surface area contributed by atoms with Crippen LogP contribution in [-0.4, -0.2) is 21.3 Å². The van der Waals surface area contributed by atoms with Crippen molar-refractivity contribution in [2.75, 3.05) is 6.61 Å². The fraction of sp³-hybridized carbons (Fsp3) is 0.750. The lowest BCUT2D eigenvalue weighted by atomic mass is 10.1. The Labute approximate surface area is 95.3 Å². The summed E-state index contributed by atoms with van der Waals surface area (Å²) in [5, 5.41) is 9.87. The lowest BCUT2D eigenvalue weighted by Crippen LogP contribution is -2.21. The molecule has 88 valence electrons. The van der Waals surface area contributed by atoms with Gasteiger partial charge in [0.15, 0.2) is 0 Å². The van der Waals surface area contributed by atoms with Gasteiger partial charge in [-0.3, -0.25) is 0 Å². The molecule has 0 radical (unpaired) electrons. The second kappa shape index (κ2) is 4.18. The van der Waals surface area contributed by atoms with Crippen molar-refractivity contribution in [1.29, 1.82) is 0 Å². The van der Waals surface area contributed by atoms with Crippen molar-refractivity contribution in [3.8, 4) is 0 Å². The third-order valence-electron chi connectivity index (χ3n) is 3.59. The summed E-state index contributed by atoms with van der Waals surface area (Å²) >= 11 is 0. The predicted octanol–water partition coefficient (Wildman–Crippen LogP) is 1.95. The van der Waals surface area contributed by atoms with Gasteiger partial charge in [-0.05, 0) is 32.1 Å². The first-order valence-electron chi connectivity index (χ1n) is 6.21. The van der Waals surface area contributed by atoms with Gasteiger partial charge in [-0.15, -0.1) is 0 Å². The average Bonchev–Trinajstić information content (AvgIpc) is 2.75. The van der Waals surface area contributed by atoms with Crippen LogP contribution in [0.5, 0.6) is 0 Å². The van der Waals surface area contributed by atoms with Crippen LogP contribution in [0.3, 0.4) is 0 Å². The van der Waals surface area contributed by atoms with Crippen LogP contribution >= 0.6 is 0 Å². The van der Waals surface area contributed by atoms with E-state index in [1.165, 1.54) is 6.42 Å². The summed E-state index contributed by atoms with van der Waals surface area (Å²) in [6.07, 6.45) is 6.96. The first-order valence-corrected chi connectivity index (χ1v) is 6.21. The van der Waals surface area contributed by atoms with Crippen LogP contribution in [0, 0.1) is 0 Å². The van der Waals surface area contributed by atoms with Gasteiger partial charge >= 0.3 is 0 Å². The van der Waals surface area contributed by atoms with Gasteiger partial charge in [0, 0.05) is 13.2 Å². The summed E-state index contributed by atoms with van der Waals surface area (Å²) in [4.78, 5) is 4.45. The highest BCUT2D eigenvalue weighted by Gasteiger charge is 2.26. The average molecular weight is 222 g/mol. The van der Waals surface area contributed by atoms with Crippen molar-refractivity contribution in [1.82, 2.24) is 9.55 Å². The molecule has 4 nitrogen and oxygen atoms in total. The molecular formula is C12H18N2O2. The molecule has 4 heteroatoms. The second-order valence-corrected chi connectivity index (χ2v) is 4.71. The van der Waals surface area contributed by atoms with Gasteiger partial charge < -0.3 is 14.4 Å². The molecule has 0 aliphatic carbocycles. The first-order chi connectivity index (χ1) is 7.86. The number of hydrogen-bond acceptors (Lipinski definition) is 3. The molecule has 2 aliphatic heterocycles. The monoisotopic (exact) mass is 222 g/mol. The number of ether oxygens (including phenoxy) is 1. The Kier molecular flexibility index (Phi) is 2.69. The van der Waals surface area contributed by atoms with E-state index in [-0.39, 0.29) is 12.2 Å². The second-order valence-electron chi connectivity index (χ2n) is 4.71. The number of aromatic nitrogens is 2. The third kappa shape index (κ3) is 1.66. The number of rotatable bonds is 1. The van der Waals surface area contributed by atoms with Crippen LogP contribution in [0.2, 0.25) is 0 Å². The Balaban J connectivity index is 1.89. The Bertz CT molecular complexity index is 369. The van der Waals surface area contributed by atoms with E-state index in [1.807, 2.05) is 6.20 Å². The molecule has 0 spiro atoms. The Hall–Kier alpha value is -0.870. The zero-order valence-electron chi connectivity index (χ0n) is 9.43. The van der Waals surface area contributed by atoms with Crippen molar-refractivity contribution in [2.45, 2.75) is 50.9 Å². The Morgan fingerprint density at radius 3 is 3.06 bits per heavy atom. The van der Waals surface area contributed by atoms with Crippen LogP contribution in [0.4, 0.5) is 0 Å². The fourth-order valence-corrected chi connectivity index (χ4v) is 2.71. The zero-order chi connectivity index (χ0) is 11.0. The summed E-state index contributed by atoms with van der Waals surface area (Å²) in [5.74, 6) is 1.02. The SMILES string of the molecule is OC1CCCn2c1cnc2C1CCCCO1. The van der Waals surface area contributed by atoms with Crippen molar-refractivity contribution >= 4 is 0 Å². The Morgan fingerprint density at radius 2 is 2.25 bits per heavy atom. The molecule has 1 saturated heterocycles. The minimum Gasteiger partial charge on any atom is -0.387 e. The molecule has 1 N–H and O–H groups in total. The van der Waals surface area contributed by atoms with E-state index in [0.29, 0.717) is 0 Å². The molecule has 16 heavy (non-hydrogen) atoms. The van der Waals surface area contributed by atoms with Crippen molar-refractivity contribution in [3.63, 3.8) is 0 Å². The topological polar surface area (TPSA) is 47.3 Å². The number of fused-ring (bicyclic) bond motifs is 1. The van der Waals surface area contributed by atoms with Crippen LogP contribution < -0.4 is 0 Å². The molecule has 0 aromatic carbocycles. The quantitative estimate of drug-likeness (QED) is 0.790. The zero-order valence-corrected chi connectivity index (χ0v) is 9.43. The maximum Gasteiger partial charge on any atom is 0.138 e. The smallest absolute Gasteiger partial charge is 0.138 e. The van der Waals surface area contributed by atoms with Crippen LogP contribution in [0.15, 0.2) is 6.20 Å². The van der Waals surface area contributed by atoms with Gasteiger partial charge in [-0.2, -0.15) is 0 Å². The van der Waals surface area contributed by atoms with Crippen LogP contribution in [-0.2, 0) is 11.3 Å². The van der Waals surface area contributed by atoms with Gasteiger partial charge in [0.1, 0.15) is 11.9 Å². The molecule has 1 aromatic heterocycles. The summed E-state index contributed by atoms with van der Waals surface area (Å²) in [7, 11) is 0. The number of imidazole rings is 1. The van der Waals surface area contributed by atoms with Gasteiger partial charge in [-0.25, -0.2) is 4.98 Å². The van der Waals surface area contributed by atoms with Gasteiger partial charge in [0.25, 0.3) is 0 Å². The molecule has 2 unspecified atom stereocenters. The van der Waals surface area contributed by atoms with Crippen molar-refractivity contribution < 1.29 is 9.84 Å². The molecule has 0 saturated carbocycles. The van der Waals surface area contributed by atoms with E-state index >= 15 is 0 Å². The molecule has 1 fully saturated rings. The predicted molar refractivity (Wildman–Crippen MR) is 59.0 cm³/mol. The molecule has 1 aromatic rings. The van der Waals surface area contributed by atoms with Crippen molar-refractivity contribution in [3.05, 3.63) is 17.7 Å². The van der Waals surface area contributed by atoms with E-state index in [1.54, 1.807) is 0 Å². The van der Waals surface area contributed by atoms with E-state index in [4.69, 9.17) is 4.74 Å². The van der Waals surface area contributed by atoms with E-state index in [9.17, 15) is 5.11 Å². The summed E-state index contributed by atoms with van der Waals surface area (Å²) < 4.78 is 7.92. The molecule has 3 rings (SSSR count).